The molecule has 1 heterocycles. The standard InChI is InChI=1S/C15H16FN3O3/c1-9(14(22-2)10-3-5-11(16)6-4-10)19-13-8-17-12(7-18-13)15(20)21/h3-9,14H,1-2H3,(H,18,19)(H,20,21). The molecule has 0 saturated carbocycles. The monoisotopic (exact) mass is 305 g/mol. The first-order valence-electron chi connectivity index (χ1n) is 6.61. The Labute approximate surface area is 127 Å². The Morgan fingerprint density at radius 3 is 2.45 bits per heavy atom. The van der Waals surface area contributed by atoms with Crippen LogP contribution in [0.3, 0.4) is 0 Å². The summed E-state index contributed by atoms with van der Waals surface area (Å²) in [5.41, 5.74) is 0.694. The van der Waals surface area contributed by atoms with Crippen LogP contribution < -0.4 is 5.32 Å². The zero-order valence-corrected chi connectivity index (χ0v) is 12.2. The van der Waals surface area contributed by atoms with Crippen LogP contribution in [0.4, 0.5) is 10.2 Å². The Balaban J connectivity index is 2.10. The molecule has 0 spiro atoms. The number of nitrogens with one attached hydrogen (secondary N) is 1. The Morgan fingerprint density at radius 2 is 1.95 bits per heavy atom. The van der Waals surface area contributed by atoms with Crippen LogP contribution in [-0.4, -0.2) is 34.2 Å². The predicted molar refractivity (Wildman–Crippen MR) is 78.2 cm³/mol. The van der Waals surface area contributed by atoms with Crippen LogP contribution >= 0.6 is 0 Å². The number of nitrogens with zero attached hydrogens (tertiary/aromatic N) is 2. The van der Waals surface area contributed by atoms with E-state index in [-0.39, 0.29) is 23.7 Å². The van der Waals surface area contributed by atoms with Gasteiger partial charge in [-0.05, 0) is 24.6 Å². The summed E-state index contributed by atoms with van der Waals surface area (Å²) in [6, 6.07) is 5.87. The van der Waals surface area contributed by atoms with E-state index in [4.69, 9.17) is 9.84 Å². The van der Waals surface area contributed by atoms with Crippen molar-refractivity contribution in [2.45, 2.75) is 19.1 Å². The Bertz CT molecular complexity index is 631. The van der Waals surface area contributed by atoms with E-state index in [9.17, 15) is 9.18 Å². The van der Waals surface area contributed by atoms with Gasteiger partial charge in [0.15, 0.2) is 5.69 Å². The van der Waals surface area contributed by atoms with Crippen molar-refractivity contribution in [3.63, 3.8) is 0 Å². The lowest BCUT2D eigenvalue weighted by molar-refractivity contribution is 0.0690. The van der Waals surface area contributed by atoms with Crippen molar-refractivity contribution in [2.24, 2.45) is 0 Å². The maximum atomic E-state index is 13.0. The summed E-state index contributed by atoms with van der Waals surface area (Å²) in [7, 11) is 1.56. The summed E-state index contributed by atoms with van der Waals surface area (Å²) >= 11 is 0. The normalized spacial score (nSPS) is 13.4. The van der Waals surface area contributed by atoms with E-state index in [2.05, 4.69) is 15.3 Å². The van der Waals surface area contributed by atoms with Gasteiger partial charge in [0.2, 0.25) is 0 Å². The molecule has 116 valence electrons. The van der Waals surface area contributed by atoms with Crippen LogP contribution in [0.25, 0.3) is 0 Å². The van der Waals surface area contributed by atoms with Crippen LogP contribution in [0.15, 0.2) is 36.7 Å². The number of ether oxygens (including phenoxy) is 1. The molecule has 2 unspecified atom stereocenters. The summed E-state index contributed by atoms with van der Waals surface area (Å²) in [6.07, 6.45) is 2.20. The molecule has 1 aromatic carbocycles. The Kier molecular flexibility index (Phi) is 5.00. The number of rotatable bonds is 6. The fourth-order valence-corrected chi connectivity index (χ4v) is 2.10. The Hall–Kier alpha value is -2.54. The number of hydrogen-bond donors (Lipinski definition) is 2. The predicted octanol–water partition coefficient (Wildman–Crippen LogP) is 2.50. The Morgan fingerprint density at radius 1 is 1.27 bits per heavy atom. The van der Waals surface area contributed by atoms with Gasteiger partial charge in [0.25, 0.3) is 0 Å². The molecule has 2 N–H and O–H groups in total. The highest BCUT2D eigenvalue weighted by Crippen LogP contribution is 2.23. The number of aromatic carboxylic acids is 1. The SMILES string of the molecule is COC(c1ccc(F)cc1)C(C)Nc1cnc(C(=O)O)cn1. The highest BCUT2D eigenvalue weighted by Gasteiger charge is 2.19. The molecule has 6 nitrogen and oxygen atoms in total. The third-order valence-electron chi connectivity index (χ3n) is 3.15. The quantitative estimate of drug-likeness (QED) is 0.853. The van der Waals surface area contributed by atoms with Gasteiger partial charge in [-0.25, -0.2) is 19.2 Å². The molecule has 2 rings (SSSR count). The smallest absolute Gasteiger partial charge is 0.356 e. The minimum Gasteiger partial charge on any atom is -0.476 e. The van der Waals surface area contributed by atoms with Gasteiger partial charge in [0, 0.05) is 7.11 Å². The van der Waals surface area contributed by atoms with E-state index in [1.165, 1.54) is 24.5 Å². The maximum Gasteiger partial charge on any atom is 0.356 e. The lowest BCUT2D eigenvalue weighted by Crippen LogP contribution is -2.26. The zero-order valence-electron chi connectivity index (χ0n) is 12.2. The number of hydrogen-bond acceptors (Lipinski definition) is 5. The molecule has 0 aliphatic carbocycles. The molecule has 22 heavy (non-hydrogen) atoms. The van der Waals surface area contributed by atoms with Crippen molar-refractivity contribution < 1.29 is 19.0 Å². The van der Waals surface area contributed by atoms with Crippen LogP contribution in [0.2, 0.25) is 0 Å². The van der Waals surface area contributed by atoms with Crippen molar-refractivity contribution in [3.8, 4) is 0 Å². The van der Waals surface area contributed by atoms with Gasteiger partial charge in [-0.1, -0.05) is 12.1 Å². The molecule has 1 aromatic heterocycles. The van der Waals surface area contributed by atoms with E-state index < -0.39 is 5.97 Å². The molecule has 0 fully saturated rings. The molecule has 0 radical (unpaired) electrons. The molecule has 2 atom stereocenters. The van der Waals surface area contributed by atoms with Crippen molar-refractivity contribution in [2.75, 3.05) is 12.4 Å². The maximum absolute atomic E-state index is 13.0. The first-order chi connectivity index (χ1) is 10.5. The second kappa shape index (κ2) is 6.95. The van der Waals surface area contributed by atoms with Gasteiger partial charge in [-0.2, -0.15) is 0 Å². The molecule has 2 aromatic rings. The molecular weight excluding hydrogens is 289 g/mol. The van der Waals surface area contributed by atoms with Crippen LogP contribution in [-0.2, 0) is 4.74 Å². The molecule has 0 bridgehead atoms. The van der Waals surface area contributed by atoms with Crippen molar-refractivity contribution >= 4 is 11.8 Å². The third kappa shape index (κ3) is 3.76. The number of methoxy groups -OCH3 is 1. The molecule has 0 amide bonds. The second-order valence-electron chi connectivity index (χ2n) is 4.73. The van der Waals surface area contributed by atoms with E-state index >= 15 is 0 Å². The highest BCUT2D eigenvalue weighted by atomic mass is 19.1. The average molecular weight is 305 g/mol. The van der Waals surface area contributed by atoms with Gasteiger partial charge >= 0.3 is 5.97 Å². The second-order valence-corrected chi connectivity index (χ2v) is 4.73. The molecule has 0 aliphatic heterocycles. The molecular formula is C15H16FN3O3. The van der Waals surface area contributed by atoms with E-state index in [1.807, 2.05) is 6.92 Å². The number of halogens is 1. The van der Waals surface area contributed by atoms with Crippen molar-refractivity contribution in [1.82, 2.24) is 9.97 Å². The number of carboxylic acids is 1. The van der Waals surface area contributed by atoms with Crippen LogP contribution in [0.1, 0.15) is 29.1 Å². The number of anilines is 1. The topological polar surface area (TPSA) is 84.3 Å². The lowest BCUT2D eigenvalue weighted by Gasteiger charge is -2.24. The van der Waals surface area contributed by atoms with Crippen molar-refractivity contribution in [1.29, 1.82) is 0 Å². The molecule has 0 saturated heterocycles. The van der Waals surface area contributed by atoms with Gasteiger partial charge in [0.1, 0.15) is 17.7 Å². The summed E-state index contributed by atoms with van der Waals surface area (Å²) < 4.78 is 18.4. The number of carboxylic acid groups (broad SMARTS) is 1. The largest absolute Gasteiger partial charge is 0.476 e. The zero-order chi connectivity index (χ0) is 16.1. The first-order valence-corrected chi connectivity index (χ1v) is 6.61. The minimum absolute atomic E-state index is 0.125. The summed E-state index contributed by atoms with van der Waals surface area (Å²) in [5.74, 6) is -1.01. The van der Waals surface area contributed by atoms with E-state index in [0.29, 0.717) is 5.82 Å². The fraction of sp³-hybridized carbons (Fsp3) is 0.267. The number of carbonyl (C=O) groups is 1. The van der Waals surface area contributed by atoms with Crippen molar-refractivity contribution in [3.05, 3.63) is 53.7 Å². The minimum atomic E-state index is -1.13. The summed E-state index contributed by atoms with van der Waals surface area (Å²) in [5, 5.41) is 11.9. The lowest BCUT2D eigenvalue weighted by atomic mass is 10.0. The van der Waals surface area contributed by atoms with E-state index in [1.54, 1.807) is 19.2 Å². The molecule has 7 heteroatoms. The first kappa shape index (κ1) is 15.8. The fourth-order valence-electron chi connectivity index (χ4n) is 2.10. The van der Waals surface area contributed by atoms with E-state index in [0.717, 1.165) is 5.56 Å². The molecule has 0 aliphatic rings. The summed E-state index contributed by atoms with van der Waals surface area (Å²) in [6.45, 7) is 1.88. The number of aromatic nitrogens is 2. The van der Waals surface area contributed by atoms with Gasteiger partial charge < -0.3 is 15.2 Å². The van der Waals surface area contributed by atoms with Gasteiger partial charge in [-0.3, -0.25) is 0 Å². The number of benzene rings is 1. The van der Waals surface area contributed by atoms with Crippen LogP contribution in [0.5, 0.6) is 0 Å². The van der Waals surface area contributed by atoms with Gasteiger partial charge in [0.05, 0.1) is 18.4 Å². The highest BCUT2D eigenvalue weighted by molar-refractivity contribution is 5.84. The third-order valence-corrected chi connectivity index (χ3v) is 3.15. The average Bonchev–Trinajstić information content (AvgIpc) is 2.50. The van der Waals surface area contributed by atoms with Crippen LogP contribution in [0, 0.1) is 5.82 Å². The van der Waals surface area contributed by atoms with Gasteiger partial charge in [-0.15, -0.1) is 0 Å². The summed E-state index contributed by atoms with van der Waals surface area (Å²) in [4.78, 5) is 18.5.